The van der Waals surface area contributed by atoms with Crippen LogP contribution >= 0.6 is 13.5 Å². The molecule has 2 rings (SSSR count). The fourth-order valence-electron chi connectivity index (χ4n) is 4.44. The van der Waals surface area contributed by atoms with Gasteiger partial charge in [-0.2, -0.15) is 13.5 Å². The number of likely N-dealkylation sites (N-methyl/N-ethyl adjacent to an activating group) is 1. The minimum absolute atomic E-state index is 0. The van der Waals surface area contributed by atoms with Crippen molar-refractivity contribution in [2.24, 2.45) is 5.92 Å². The van der Waals surface area contributed by atoms with Gasteiger partial charge < -0.3 is 20.1 Å². The van der Waals surface area contributed by atoms with Crippen LogP contribution in [-0.4, -0.2) is 54.0 Å². The molecule has 1 unspecified atom stereocenters. The fourth-order valence-corrected chi connectivity index (χ4v) is 4.44. The number of aliphatic carboxylic acids is 1. The Labute approximate surface area is 210 Å². The summed E-state index contributed by atoms with van der Waals surface area (Å²) in [5.74, 6) is -1.88. The maximum atomic E-state index is 12.6. The number of hydrogen-bond donors (Lipinski definition) is 2. The molecule has 8 heteroatoms. The Kier molecular flexibility index (Phi) is 11.8. The first kappa shape index (κ1) is 29.7. The van der Waals surface area contributed by atoms with E-state index < -0.39 is 23.9 Å². The van der Waals surface area contributed by atoms with E-state index in [9.17, 15) is 19.5 Å². The molecular weight excluding hydrogens is 452 g/mol. The van der Waals surface area contributed by atoms with E-state index in [-0.39, 0.29) is 43.2 Å². The number of carboxylic acids is 1. The van der Waals surface area contributed by atoms with Crippen LogP contribution in [-0.2, 0) is 19.8 Å². The summed E-state index contributed by atoms with van der Waals surface area (Å²) in [6, 6.07) is 6.75. The molecule has 2 N–H and O–H groups in total. The Morgan fingerprint density at radius 3 is 2.56 bits per heavy atom. The van der Waals surface area contributed by atoms with Gasteiger partial charge >= 0.3 is 11.9 Å². The zero-order valence-corrected chi connectivity index (χ0v) is 21.9. The normalized spacial score (nSPS) is 19.4. The maximum absolute atomic E-state index is 12.6. The maximum Gasteiger partial charge on any atom is 0.338 e. The molecule has 0 aliphatic carbocycles. The summed E-state index contributed by atoms with van der Waals surface area (Å²) in [6.45, 7) is 11.5. The fraction of sp³-hybridized carbons (Fsp3) is 0.577. The summed E-state index contributed by atoms with van der Waals surface area (Å²) in [6.07, 6.45) is 4.52. The van der Waals surface area contributed by atoms with Crippen molar-refractivity contribution in [1.29, 1.82) is 0 Å². The molecule has 1 aromatic rings. The van der Waals surface area contributed by atoms with Crippen molar-refractivity contribution < 1.29 is 24.2 Å². The molecule has 7 nitrogen and oxygen atoms in total. The lowest BCUT2D eigenvalue weighted by Gasteiger charge is -2.35. The highest BCUT2D eigenvalue weighted by Crippen LogP contribution is 2.37. The van der Waals surface area contributed by atoms with Gasteiger partial charge in [0.05, 0.1) is 0 Å². The van der Waals surface area contributed by atoms with E-state index in [1.165, 1.54) is 18.4 Å². The quantitative estimate of drug-likeness (QED) is 0.291. The number of nitrogens with one attached hydrogen (secondary N) is 1. The minimum Gasteiger partial charge on any atom is -0.480 e. The molecule has 0 spiro atoms. The summed E-state index contributed by atoms with van der Waals surface area (Å²) < 4.78 is 5.57. The number of carbonyl (C=O) groups is 3. The third-order valence-corrected chi connectivity index (χ3v) is 6.54. The largest absolute Gasteiger partial charge is 0.480 e. The number of esters is 1. The van der Waals surface area contributed by atoms with Crippen LogP contribution in [0.3, 0.4) is 0 Å². The molecule has 1 heterocycles. The number of benzene rings is 1. The molecule has 1 amide bonds. The molecule has 0 saturated carbocycles. The SMILES string of the molecule is C=C(CCC(=O)N[C@H](C(=O)O)C(C)C)C(=O)Oc1cccc(C2(CC)CCCCN(C)C2)c1.S. The molecule has 1 aliphatic rings. The molecular formula is C26H40N2O5S. The highest BCUT2D eigenvalue weighted by molar-refractivity contribution is 7.59. The van der Waals surface area contributed by atoms with Gasteiger partial charge in [0.1, 0.15) is 11.8 Å². The van der Waals surface area contributed by atoms with Crippen LogP contribution in [0.5, 0.6) is 5.75 Å². The van der Waals surface area contributed by atoms with Crippen molar-refractivity contribution >= 4 is 31.3 Å². The van der Waals surface area contributed by atoms with E-state index in [4.69, 9.17) is 4.74 Å². The highest BCUT2D eigenvalue weighted by Gasteiger charge is 2.33. The third kappa shape index (κ3) is 8.17. The summed E-state index contributed by atoms with van der Waals surface area (Å²) in [4.78, 5) is 38.3. The predicted molar refractivity (Wildman–Crippen MR) is 139 cm³/mol. The van der Waals surface area contributed by atoms with Crippen LogP contribution in [0.2, 0.25) is 0 Å². The molecule has 1 aromatic carbocycles. The van der Waals surface area contributed by atoms with E-state index in [0.717, 1.165) is 25.9 Å². The summed E-state index contributed by atoms with van der Waals surface area (Å²) in [5.41, 5.74) is 1.37. The Morgan fingerprint density at radius 1 is 1.24 bits per heavy atom. The lowest BCUT2D eigenvalue weighted by atomic mass is 9.74. The second kappa shape index (κ2) is 13.5. The lowest BCUT2D eigenvalue weighted by Crippen LogP contribution is -2.44. The second-order valence-electron chi connectivity index (χ2n) is 9.48. The number of likely N-dealkylation sites (tertiary alicyclic amines) is 1. The van der Waals surface area contributed by atoms with Gasteiger partial charge in [-0.25, -0.2) is 9.59 Å². The number of nitrogens with zero attached hydrogens (tertiary/aromatic N) is 1. The zero-order chi connectivity index (χ0) is 24.6. The Morgan fingerprint density at radius 2 is 1.94 bits per heavy atom. The average Bonchev–Trinajstić information content (AvgIpc) is 2.97. The van der Waals surface area contributed by atoms with Crippen LogP contribution < -0.4 is 10.1 Å². The second-order valence-corrected chi connectivity index (χ2v) is 9.48. The Hall–Kier alpha value is -2.32. The van der Waals surface area contributed by atoms with Crippen molar-refractivity contribution in [3.63, 3.8) is 0 Å². The van der Waals surface area contributed by atoms with Gasteiger partial charge in [-0.1, -0.05) is 45.9 Å². The molecule has 0 aromatic heterocycles. The van der Waals surface area contributed by atoms with Gasteiger partial charge in [0.15, 0.2) is 0 Å². The first-order chi connectivity index (χ1) is 15.6. The monoisotopic (exact) mass is 492 g/mol. The zero-order valence-electron chi connectivity index (χ0n) is 20.9. The average molecular weight is 493 g/mol. The number of carbonyl (C=O) groups excluding carboxylic acids is 2. The first-order valence-electron chi connectivity index (χ1n) is 11.8. The van der Waals surface area contributed by atoms with Gasteiger partial charge in [-0.05, 0) is 62.9 Å². The molecule has 1 fully saturated rings. The van der Waals surface area contributed by atoms with E-state index >= 15 is 0 Å². The van der Waals surface area contributed by atoms with Crippen molar-refractivity contribution in [3.8, 4) is 5.75 Å². The minimum atomic E-state index is -1.08. The third-order valence-electron chi connectivity index (χ3n) is 6.54. The van der Waals surface area contributed by atoms with E-state index in [1.54, 1.807) is 19.9 Å². The summed E-state index contributed by atoms with van der Waals surface area (Å²) in [7, 11) is 2.15. The molecule has 2 atom stereocenters. The summed E-state index contributed by atoms with van der Waals surface area (Å²) >= 11 is 0. The number of carboxylic acid groups (broad SMARTS) is 1. The highest BCUT2D eigenvalue weighted by atomic mass is 32.1. The topological polar surface area (TPSA) is 95.9 Å². The molecule has 0 bridgehead atoms. The van der Waals surface area contributed by atoms with Crippen LogP contribution in [0.25, 0.3) is 0 Å². The van der Waals surface area contributed by atoms with Crippen LogP contribution in [0.1, 0.15) is 64.9 Å². The van der Waals surface area contributed by atoms with E-state index in [1.807, 2.05) is 12.1 Å². The predicted octanol–water partition coefficient (Wildman–Crippen LogP) is 4.03. The standard InChI is InChI=1S/C26H38N2O5.H2S/c1-6-26(14-7-8-15-28(5)17-26)20-10-9-11-21(16-20)33-25(32)19(4)12-13-22(29)27-23(18(2)3)24(30)31;/h9-11,16,18,23H,4,6-8,12-15,17H2,1-3,5H3,(H,27,29)(H,30,31);1H2/t23-,26?;/m0./s1. The molecule has 34 heavy (non-hydrogen) atoms. The number of amides is 1. The Balaban J connectivity index is 0.00000578. The van der Waals surface area contributed by atoms with E-state index in [0.29, 0.717) is 5.75 Å². The smallest absolute Gasteiger partial charge is 0.338 e. The Bertz CT molecular complexity index is 873. The van der Waals surface area contributed by atoms with Crippen molar-refractivity contribution in [2.45, 2.75) is 70.8 Å². The van der Waals surface area contributed by atoms with Crippen molar-refractivity contribution in [1.82, 2.24) is 10.2 Å². The van der Waals surface area contributed by atoms with Crippen LogP contribution in [0.4, 0.5) is 0 Å². The molecule has 190 valence electrons. The van der Waals surface area contributed by atoms with Gasteiger partial charge in [0, 0.05) is 24.0 Å². The number of rotatable bonds is 10. The van der Waals surface area contributed by atoms with Crippen molar-refractivity contribution in [3.05, 3.63) is 42.0 Å². The number of hydrogen-bond acceptors (Lipinski definition) is 5. The van der Waals surface area contributed by atoms with Crippen LogP contribution in [0, 0.1) is 5.92 Å². The van der Waals surface area contributed by atoms with Gasteiger partial charge in [-0.15, -0.1) is 0 Å². The van der Waals surface area contributed by atoms with Crippen molar-refractivity contribution in [2.75, 3.05) is 20.1 Å². The number of ether oxygens (including phenoxy) is 1. The lowest BCUT2D eigenvalue weighted by molar-refractivity contribution is -0.143. The first-order valence-corrected chi connectivity index (χ1v) is 11.8. The summed E-state index contributed by atoms with van der Waals surface area (Å²) in [5, 5.41) is 11.7. The van der Waals surface area contributed by atoms with Gasteiger partial charge in [0.25, 0.3) is 0 Å². The molecule has 0 radical (unpaired) electrons. The molecule has 1 aliphatic heterocycles. The molecule has 1 saturated heterocycles. The van der Waals surface area contributed by atoms with Gasteiger partial charge in [0.2, 0.25) is 5.91 Å². The van der Waals surface area contributed by atoms with Gasteiger partial charge in [-0.3, -0.25) is 4.79 Å². The van der Waals surface area contributed by atoms with E-state index in [2.05, 4.69) is 36.8 Å². The van der Waals surface area contributed by atoms with Crippen LogP contribution in [0.15, 0.2) is 36.4 Å².